The van der Waals surface area contributed by atoms with Crippen LogP contribution in [0.4, 0.5) is 0 Å². The fourth-order valence-corrected chi connectivity index (χ4v) is 2.72. The molecule has 2 aliphatic rings. The van der Waals surface area contributed by atoms with Crippen molar-refractivity contribution >= 4 is 12.0 Å². The lowest BCUT2D eigenvalue weighted by Crippen LogP contribution is -2.55. The van der Waals surface area contributed by atoms with E-state index in [2.05, 4.69) is 0 Å². The van der Waals surface area contributed by atoms with Gasteiger partial charge < -0.3 is 18.8 Å². The van der Waals surface area contributed by atoms with E-state index < -0.39 is 0 Å². The third-order valence-electron chi connectivity index (χ3n) is 3.90. The molecule has 0 aliphatic carbocycles. The minimum absolute atomic E-state index is 0.00978. The Kier molecular flexibility index (Phi) is 3.89. The molecule has 0 radical (unpaired) electrons. The van der Waals surface area contributed by atoms with Crippen LogP contribution in [0, 0.1) is 0 Å². The zero-order valence-electron chi connectivity index (χ0n) is 11.4. The van der Waals surface area contributed by atoms with Crippen molar-refractivity contribution in [3.63, 3.8) is 0 Å². The summed E-state index contributed by atoms with van der Waals surface area (Å²) in [5.74, 6) is 0.697. The Morgan fingerprint density at radius 1 is 1.30 bits per heavy atom. The highest BCUT2D eigenvalue weighted by atomic mass is 16.5. The van der Waals surface area contributed by atoms with Gasteiger partial charge in [0.1, 0.15) is 5.76 Å². The standard InChI is InChI=1S/C15H19NO4/c17-14(4-3-13-2-1-8-19-13)16-7-11-20-15(12-16)5-9-18-10-6-15/h1-4,8H,5-7,9-12H2/b4-3+. The number of ether oxygens (including phenoxy) is 2. The number of furan rings is 1. The molecule has 0 aromatic carbocycles. The summed E-state index contributed by atoms with van der Waals surface area (Å²) in [4.78, 5) is 14.1. The van der Waals surface area contributed by atoms with Gasteiger partial charge in [-0.05, 0) is 18.2 Å². The van der Waals surface area contributed by atoms with Crippen LogP contribution < -0.4 is 0 Å². The molecule has 1 spiro atoms. The summed E-state index contributed by atoms with van der Waals surface area (Å²) in [6.07, 6.45) is 6.58. The second-order valence-corrected chi connectivity index (χ2v) is 5.25. The van der Waals surface area contributed by atoms with Crippen LogP contribution in [0.3, 0.4) is 0 Å². The maximum atomic E-state index is 12.2. The average molecular weight is 277 g/mol. The summed E-state index contributed by atoms with van der Waals surface area (Å²) in [6.45, 7) is 3.32. The Morgan fingerprint density at radius 2 is 2.15 bits per heavy atom. The second-order valence-electron chi connectivity index (χ2n) is 5.25. The second kappa shape index (κ2) is 5.81. The van der Waals surface area contributed by atoms with Crippen LogP contribution in [0.2, 0.25) is 0 Å². The lowest BCUT2D eigenvalue weighted by molar-refractivity contribution is -0.164. The zero-order valence-corrected chi connectivity index (χ0v) is 11.4. The summed E-state index contributed by atoms with van der Waals surface area (Å²) in [5, 5.41) is 0. The molecule has 2 saturated heterocycles. The molecule has 2 aliphatic heterocycles. The van der Waals surface area contributed by atoms with Crippen LogP contribution in [0.1, 0.15) is 18.6 Å². The average Bonchev–Trinajstić information content (AvgIpc) is 2.99. The predicted octanol–water partition coefficient (Wildman–Crippen LogP) is 1.70. The number of nitrogens with zero attached hydrogens (tertiary/aromatic N) is 1. The van der Waals surface area contributed by atoms with Gasteiger partial charge in [-0.3, -0.25) is 4.79 Å². The van der Waals surface area contributed by atoms with Crippen LogP contribution in [0.15, 0.2) is 28.9 Å². The number of carbonyl (C=O) groups is 1. The van der Waals surface area contributed by atoms with Crippen LogP contribution in [-0.2, 0) is 14.3 Å². The van der Waals surface area contributed by atoms with Gasteiger partial charge in [-0.1, -0.05) is 0 Å². The summed E-state index contributed by atoms with van der Waals surface area (Å²) in [7, 11) is 0. The van der Waals surface area contributed by atoms with Gasteiger partial charge in [0.15, 0.2) is 0 Å². The first-order valence-electron chi connectivity index (χ1n) is 7.00. The van der Waals surface area contributed by atoms with E-state index in [0.717, 1.165) is 12.8 Å². The molecule has 0 N–H and O–H groups in total. The van der Waals surface area contributed by atoms with E-state index in [4.69, 9.17) is 13.9 Å². The number of carbonyl (C=O) groups excluding carboxylic acids is 1. The first kappa shape index (κ1) is 13.4. The van der Waals surface area contributed by atoms with Crippen LogP contribution in [0.5, 0.6) is 0 Å². The summed E-state index contributed by atoms with van der Waals surface area (Å²) in [5.41, 5.74) is -0.204. The van der Waals surface area contributed by atoms with Crippen LogP contribution >= 0.6 is 0 Å². The third kappa shape index (κ3) is 2.94. The largest absolute Gasteiger partial charge is 0.465 e. The van der Waals surface area contributed by atoms with Crippen LogP contribution in [0.25, 0.3) is 6.08 Å². The van der Waals surface area contributed by atoms with Gasteiger partial charge in [0.25, 0.3) is 0 Å². The molecule has 0 unspecified atom stereocenters. The Balaban J connectivity index is 1.62. The van der Waals surface area contributed by atoms with E-state index in [0.29, 0.717) is 38.7 Å². The lowest BCUT2D eigenvalue weighted by Gasteiger charge is -2.44. The molecule has 5 heteroatoms. The van der Waals surface area contributed by atoms with Crippen molar-refractivity contribution in [3.8, 4) is 0 Å². The van der Waals surface area contributed by atoms with E-state index in [1.165, 1.54) is 0 Å². The van der Waals surface area contributed by atoms with E-state index in [9.17, 15) is 4.79 Å². The molecule has 0 bridgehead atoms. The van der Waals surface area contributed by atoms with Gasteiger partial charge in [0.2, 0.25) is 5.91 Å². The third-order valence-corrected chi connectivity index (χ3v) is 3.90. The van der Waals surface area contributed by atoms with E-state index in [1.807, 2.05) is 11.0 Å². The molecule has 2 fully saturated rings. The number of hydrogen-bond acceptors (Lipinski definition) is 4. The number of hydrogen-bond donors (Lipinski definition) is 0. The van der Waals surface area contributed by atoms with Crippen molar-refractivity contribution in [2.24, 2.45) is 0 Å². The lowest BCUT2D eigenvalue weighted by atomic mass is 9.92. The van der Waals surface area contributed by atoms with E-state index in [-0.39, 0.29) is 11.5 Å². The maximum Gasteiger partial charge on any atom is 0.246 e. The Labute approximate surface area is 118 Å². The van der Waals surface area contributed by atoms with Crippen molar-refractivity contribution in [1.82, 2.24) is 4.90 Å². The maximum absolute atomic E-state index is 12.2. The highest BCUT2D eigenvalue weighted by Gasteiger charge is 2.39. The highest BCUT2D eigenvalue weighted by Crippen LogP contribution is 2.29. The van der Waals surface area contributed by atoms with Crippen molar-refractivity contribution in [2.45, 2.75) is 18.4 Å². The van der Waals surface area contributed by atoms with Gasteiger partial charge in [0.05, 0.1) is 25.0 Å². The van der Waals surface area contributed by atoms with Gasteiger partial charge in [0, 0.05) is 38.7 Å². The molecule has 1 amide bonds. The molecular formula is C15H19NO4. The van der Waals surface area contributed by atoms with Crippen molar-refractivity contribution in [2.75, 3.05) is 32.9 Å². The highest BCUT2D eigenvalue weighted by molar-refractivity contribution is 5.91. The molecule has 3 rings (SSSR count). The quantitative estimate of drug-likeness (QED) is 0.772. The number of morpholine rings is 1. The first-order chi connectivity index (χ1) is 9.77. The molecule has 5 nitrogen and oxygen atoms in total. The Bertz CT molecular complexity index is 469. The number of rotatable bonds is 2. The Morgan fingerprint density at radius 3 is 2.90 bits per heavy atom. The molecule has 108 valence electrons. The van der Waals surface area contributed by atoms with Crippen molar-refractivity contribution in [3.05, 3.63) is 30.2 Å². The first-order valence-corrected chi connectivity index (χ1v) is 7.00. The summed E-state index contributed by atoms with van der Waals surface area (Å²) < 4.78 is 16.5. The van der Waals surface area contributed by atoms with E-state index >= 15 is 0 Å². The predicted molar refractivity (Wildman–Crippen MR) is 73.1 cm³/mol. The van der Waals surface area contributed by atoms with Crippen molar-refractivity contribution < 1.29 is 18.7 Å². The fourth-order valence-electron chi connectivity index (χ4n) is 2.72. The SMILES string of the molecule is O=C(/C=C/c1ccco1)N1CCOC2(CCOCC2)C1. The molecule has 20 heavy (non-hydrogen) atoms. The monoisotopic (exact) mass is 277 g/mol. The van der Waals surface area contributed by atoms with Gasteiger partial charge in [-0.2, -0.15) is 0 Å². The summed E-state index contributed by atoms with van der Waals surface area (Å²) in [6, 6.07) is 3.62. The molecule has 0 saturated carbocycles. The number of amides is 1. The normalized spacial score (nSPS) is 22.5. The fraction of sp³-hybridized carbons (Fsp3) is 0.533. The molecule has 1 aromatic heterocycles. The smallest absolute Gasteiger partial charge is 0.246 e. The summed E-state index contributed by atoms with van der Waals surface area (Å²) >= 11 is 0. The molecule has 1 aromatic rings. The minimum atomic E-state index is -0.204. The van der Waals surface area contributed by atoms with Crippen LogP contribution in [-0.4, -0.2) is 49.3 Å². The van der Waals surface area contributed by atoms with Crippen molar-refractivity contribution in [1.29, 1.82) is 0 Å². The molecule has 3 heterocycles. The molecule has 0 atom stereocenters. The zero-order chi connectivity index (χ0) is 13.8. The topological polar surface area (TPSA) is 51.9 Å². The van der Waals surface area contributed by atoms with Gasteiger partial charge in [-0.25, -0.2) is 0 Å². The van der Waals surface area contributed by atoms with E-state index in [1.54, 1.807) is 24.5 Å². The Hall–Kier alpha value is -1.59. The van der Waals surface area contributed by atoms with Gasteiger partial charge >= 0.3 is 0 Å². The minimum Gasteiger partial charge on any atom is -0.465 e. The van der Waals surface area contributed by atoms with Gasteiger partial charge in [-0.15, -0.1) is 0 Å². The molecular weight excluding hydrogens is 258 g/mol.